The maximum absolute atomic E-state index is 11.4. The van der Waals surface area contributed by atoms with Crippen LogP contribution in [0, 0.1) is 17.0 Å². The summed E-state index contributed by atoms with van der Waals surface area (Å²) in [5.41, 5.74) is -0.364. The van der Waals surface area contributed by atoms with Gasteiger partial charge in [-0.3, -0.25) is 10.1 Å². The van der Waals surface area contributed by atoms with Crippen LogP contribution in [-0.4, -0.2) is 23.1 Å². The zero-order valence-corrected chi connectivity index (χ0v) is 10.1. The Morgan fingerprint density at radius 3 is 2.62 bits per heavy atom. The molecule has 1 aromatic carbocycles. The predicted octanol–water partition coefficient (Wildman–Crippen LogP) is 2.16. The summed E-state index contributed by atoms with van der Waals surface area (Å²) in [5, 5.41) is 20.2. The molecule has 0 heterocycles. The number of methoxy groups -OCH3 is 1. The van der Waals surface area contributed by atoms with E-state index in [2.05, 4.69) is 20.7 Å². The van der Waals surface area contributed by atoms with Crippen LogP contribution in [0.5, 0.6) is 5.75 Å². The number of halogens is 1. The van der Waals surface area contributed by atoms with Crippen LogP contribution >= 0.6 is 15.9 Å². The van der Waals surface area contributed by atoms with Crippen molar-refractivity contribution in [1.82, 2.24) is 0 Å². The quantitative estimate of drug-likeness (QED) is 0.512. The van der Waals surface area contributed by atoms with E-state index >= 15 is 0 Å². The van der Waals surface area contributed by atoms with Gasteiger partial charge >= 0.3 is 11.7 Å². The highest BCUT2D eigenvalue weighted by atomic mass is 79.9. The number of nitro benzene ring substituents is 1. The van der Waals surface area contributed by atoms with E-state index in [9.17, 15) is 20.0 Å². The van der Waals surface area contributed by atoms with Gasteiger partial charge in [0.25, 0.3) is 0 Å². The molecule has 0 unspecified atom stereocenters. The number of esters is 1. The van der Waals surface area contributed by atoms with E-state index in [4.69, 9.17) is 0 Å². The van der Waals surface area contributed by atoms with Crippen LogP contribution in [0.25, 0.3) is 0 Å². The fourth-order valence-corrected chi connectivity index (χ4v) is 1.63. The van der Waals surface area contributed by atoms with Crippen molar-refractivity contribution in [3.05, 3.63) is 31.8 Å². The standard InChI is InChI=1S/C9H8BrNO5/c1-4-5(10)3-6(11(14)15)8(12)7(4)9(13)16-2/h3,12H,1-2H3. The fraction of sp³-hybridized carbons (Fsp3) is 0.222. The summed E-state index contributed by atoms with van der Waals surface area (Å²) in [7, 11) is 1.13. The second-order valence-electron chi connectivity index (χ2n) is 2.97. The highest BCUT2D eigenvalue weighted by Crippen LogP contribution is 2.37. The number of hydrogen-bond acceptors (Lipinski definition) is 5. The van der Waals surface area contributed by atoms with E-state index in [-0.39, 0.29) is 5.56 Å². The second kappa shape index (κ2) is 4.48. The number of carbonyl (C=O) groups excluding carboxylic acids is 1. The molecule has 1 rings (SSSR count). The Bertz CT molecular complexity index is 471. The van der Waals surface area contributed by atoms with Gasteiger partial charge in [-0.05, 0) is 12.5 Å². The zero-order chi connectivity index (χ0) is 12.5. The van der Waals surface area contributed by atoms with Crippen LogP contribution in [0.2, 0.25) is 0 Å². The van der Waals surface area contributed by atoms with Crippen LogP contribution in [-0.2, 0) is 4.74 Å². The topological polar surface area (TPSA) is 89.7 Å². The van der Waals surface area contributed by atoms with Gasteiger partial charge in [0.15, 0.2) is 0 Å². The van der Waals surface area contributed by atoms with Gasteiger partial charge in [-0.1, -0.05) is 15.9 Å². The Labute approximate surface area is 99.1 Å². The van der Waals surface area contributed by atoms with Gasteiger partial charge in [0.05, 0.1) is 12.0 Å². The Kier molecular flexibility index (Phi) is 3.48. The molecule has 0 bridgehead atoms. The van der Waals surface area contributed by atoms with Crippen molar-refractivity contribution >= 4 is 27.6 Å². The zero-order valence-electron chi connectivity index (χ0n) is 8.48. The van der Waals surface area contributed by atoms with Crippen LogP contribution in [0.1, 0.15) is 15.9 Å². The van der Waals surface area contributed by atoms with Crippen molar-refractivity contribution in [2.24, 2.45) is 0 Å². The van der Waals surface area contributed by atoms with Crippen molar-refractivity contribution in [2.45, 2.75) is 6.92 Å². The number of phenols is 1. The van der Waals surface area contributed by atoms with Gasteiger partial charge in [0.1, 0.15) is 5.56 Å². The molecule has 1 aromatic rings. The molecule has 7 heteroatoms. The molecule has 6 nitrogen and oxygen atoms in total. The van der Waals surface area contributed by atoms with Crippen LogP contribution < -0.4 is 0 Å². The molecule has 0 fully saturated rings. The Morgan fingerprint density at radius 2 is 2.19 bits per heavy atom. The largest absolute Gasteiger partial charge is 0.501 e. The molecule has 0 aliphatic carbocycles. The minimum Gasteiger partial charge on any atom is -0.501 e. The summed E-state index contributed by atoms with van der Waals surface area (Å²) >= 11 is 3.07. The first kappa shape index (κ1) is 12.4. The molecular formula is C9H8BrNO5. The summed E-state index contributed by atoms with van der Waals surface area (Å²) in [5.74, 6) is -1.50. The number of phenolic OH excluding ortho intramolecular Hbond substituents is 1. The first-order chi connectivity index (χ1) is 7.40. The predicted molar refractivity (Wildman–Crippen MR) is 58.5 cm³/mol. The molecule has 0 spiro atoms. The van der Waals surface area contributed by atoms with E-state index in [0.29, 0.717) is 10.0 Å². The molecule has 0 radical (unpaired) electrons. The monoisotopic (exact) mass is 289 g/mol. The highest BCUT2D eigenvalue weighted by molar-refractivity contribution is 9.10. The van der Waals surface area contributed by atoms with Gasteiger partial charge in [-0.25, -0.2) is 4.79 Å². The molecular weight excluding hydrogens is 282 g/mol. The molecule has 1 N–H and O–H groups in total. The average molecular weight is 290 g/mol. The summed E-state index contributed by atoms with van der Waals surface area (Å²) in [4.78, 5) is 21.2. The van der Waals surface area contributed by atoms with E-state index in [1.54, 1.807) is 6.92 Å². The SMILES string of the molecule is COC(=O)c1c(C)c(Br)cc([N+](=O)[O-])c1O. The van der Waals surface area contributed by atoms with Crippen molar-refractivity contribution in [3.8, 4) is 5.75 Å². The number of ether oxygens (including phenoxy) is 1. The van der Waals surface area contributed by atoms with Crippen molar-refractivity contribution in [2.75, 3.05) is 7.11 Å². The number of rotatable bonds is 2. The molecule has 16 heavy (non-hydrogen) atoms. The number of nitrogens with zero attached hydrogens (tertiary/aromatic N) is 1. The maximum Gasteiger partial charge on any atom is 0.342 e. The number of benzene rings is 1. The van der Waals surface area contributed by atoms with Crippen molar-refractivity contribution < 1.29 is 19.6 Å². The van der Waals surface area contributed by atoms with E-state index in [1.807, 2.05) is 0 Å². The molecule has 0 amide bonds. The molecule has 0 saturated heterocycles. The molecule has 0 aromatic heterocycles. The molecule has 86 valence electrons. The number of carbonyl (C=O) groups is 1. The smallest absolute Gasteiger partial charge is 0.342 e. The lowest BCUT2D eigenvalue weighted by Crippen LogP contribution is -2.06. The average Bonchev–Trinajstić information content (AvgIpc) is 2.22. The van der Waals surface area contributed by atoms with Gasteiger partial charge in [0.2, 0.25) is 5.75 Å². The van der Waals surface area contributed by atoms with Crippen molar-refractivity contribution in [3.63, 3.8) is 0 Å². The molecule has 0 aliphatic heterocycles. The van der Waals surface area contributed by atoms with Crippen LogP contribution in [0.3, 0.4) is 0 Å². The Hall–Kier alpha value is -1.63. The lowest BCUT2D eigenvalue weighted by atomic mass is 10.1. The summed E-state index contributed by atoms with van der Waals surface area (Å²) in [6.45, 7) is 1.54. The van der Waals surface area contributed by atoms with Crippen molar-refractivity contribution in [1.29, 1.82) is 0 Å². The third-order valence-corrected chi connectivity index (χ3v) is 2.89. The fourth-order valence-electron chi connectivity index (χ4n) is 1.21. The normalized spacial score (nSPS) is 9.94. The van der Waals surface area contributed by atoms with Crippen LogP contribution in [0.4, 0.5) is 5.69 Å². The molecule has 0 aliphatic rings. The Morgan fingerprint density at radius 1 is 1.62 bits per heavy atom. The van der Waals surface area contributed by atoms with Gasteiger partial charge in [0, 0.05) is 10.5 Å². The van der Waals surface area contributed by atoms with Gasteiger partial charge in [-0.15, -0.1) is 0 Å². The van der Waals surface area contributed by atoms with E-state index < -0.39 is 22.3 Å². The third-order valence-electron chi connectivity index (χ3n) is 2.06. The molecule has 0 atom stereocenters. The number of hydrogen-bond donors (Lipinski definition) is 1. The summed E-state index contributed by atoms with van der Waals surface area (Å²) < 4.78 is 4.80. The highest BCUT2D eigenvalue weighted by Gasteiger charge is 2.26. The van der Waals surface area contributed by atoms with E-state index in [0.717, 1.165) is 13.2 Å². The number of nitro groups is 1. The first-order valence-corrected chi connectivity index (χ1v) is 4.94. The Balaban J connectivity index is 3.58. The molecule has 0 saturated carbocycles. The van der Waals surface area contributed by atoms with E-state index in [1.165, 1.54) is 0 Å². The number of aromatic hydroxyl groups is 1. The van der Waals surface area contributed by atoms with Crippen LogP contribution in [0.15, 0.2) is 10.5 Å². The second-order valence-corrected chi connectivity index (χ2v) is 3.83. The maximum atomic E-state index is 11.4. The van der Waals surface area contributed by atoms with Gasteiger partial charge < -0.3 is 9.84 Å². The lowest BCUT2D eigenvalue weighted by molar-refractivity contribution is -0.386. The summed E-state index contributed by atoms with van der Waals surface area (Å²) in [6.07, 6.45) is 0. The minimum atomic E-state index is -0.820. The lowest BCUT2D eigenvalue weighted by Gasteiger charge is -2.08. The summed E-state index contributed by atoms with van der Waals surface area (Å²) in [6, 6.07) is 1.14. The third kappa shape index (κ3) is 1.99. The first-order valence-electron chi connectivity index (χ1n) is 4.15. The minimum absolute atomic E-state index is 0.205. The van der Waals surface area contributed by atoms with Gasteiger partial charge in [-0.2, -0.15) is 0 Å².